The minimum atomic E-state index is -0.677. The summed E-state index contributed by atoms with van der Waals surface area (Å²) in [6.07, 6.45) is 2.76. The molecule has 7 heteroatoms. The summed E-state index contributed by atoms with van der Waals surface area (Å²) >= 11 is 0. The van der Waals surface area contributed by atoms with E-state index in [4.69, 9.17) is 9.15 Å². The van der Waals surface area contributed by atoms with Crippen LogP contribution in [0.25, 0.3) is 6.08 Å². The van der Waals surface area contributed by atoms with Crippen molar-refractivity contribution in [2.45, 2.75) is 0 Å². The number of hydrogen-bond donors (Lipinski definition) is 1. The second kappa shape index (κ2) is 7.24. The Hall–Kier alpha value is -4.13. The average Bonchev–Trinajstić information content (AvgIpc) is 3.34. The smallest absolute Gasteiger partial charge is 0.379 e. The topological polar surface area (TPSA) is 88.9 Å². The van der Waals surface area contributed by atoms with Crippen molar-refractivity contribution >= 4 is 29.5 Å². The molecule has 2 aromatic carbocycles. The summed E-state index contributed by atoms with van der Waals surface area (Å²) in [5.41, 5.74) is 3.42. The number of esters is 1. The van der Waals surface area contributed by atoms with E-state index in [1.165, 1.54) is 23.4 Å². The molecule has 0 saturated carbocycles. The summed E-state index contributed by atoms with van der Waals surface area (Å²) in [6, 6.07) is 18.4. The molecule has 1 fully saturated rings. The third kappa shape index (κ3) is 3.28. The van der Waals surface area contributed by atoms with E-state index < -0.39 is 17.8 Å². The second-order valence-electron chi connectivity index (χ2n) is 5.88. The molecule has 1 saturated heterocycles. The van der Waals surface area contributed by atoms with Crippen molar-refractivity contribution < 1.29 is 23.5 Å². The normalized spacial score (nSPS) is 15.0. The van der Waals surface area contributed by atoms with E-state index in [0.717, 1.165) is 0 Å². The molecule has 2 heterocycles. The fourth-order valence-electron chi connectivity index (χ4n) is 2.71. The Morgan fingerprint density at radius 2 is 1.71 bits per heavy atom. The molecular formula is C21H14N2O5. The van der Waals surface area contributed by atoms with Crippen LogP contribution in [0.2, 0.25) is 0 Å². The molecule has 0 unspecified atom stereocenters. The highest BCUT2D eigenvalue weighted by Crippen LogP contribution is 2.26. The molecule has 0 bridgehead atoms. The SMILES string of the molecule is O=C1NN(c2ccccc2)C(=O)/C1=C/c1ccccc1OC(=O)c1ccco1. The van der Waals surface area contributed by atoms with Crippen LogP contribution in [0.5, 0.6) is 5.75 Å². The van der Waals surface area contributed by atoms with Gasteiger partial charge in [-0.3, -0.25) is 15.0 Å². The number of benzene rings is 2. The van der Waals surface area contributed by atoms with E-state index in [1.807, 2.05) is 6.07 Å². The highest BCUT2D eigenvalue weighted by atomic mass is 16.5. The lowest BCUT2D eigenvalue weighted by atomic mass is 10.1. The van der Waals surface area contributed by atoms with Crippen LogP contribution >= 0.6 is 0 Å². The van der Waals surface area contributed by atoms with Gasteiger partial charge in [0, 0.05) is 5.56 Å². The van der Waals surface area contributed by atoms with Crippen LogP contribution in [0.1, 0.15) is 16.1 Å². The van der Waals surface area contributed by atoms with Gasteiger partial charge in [-0.1, -0.05) is 36.4 Å². The van der Waals surface area contributed by atoms with Gasteiger partial charge in [0.2, 0.25) is 5.76 Å². The summed E-state index contributed by atoms with van der Waals surface area (Å²) in [4.78, 5) is 37.2. The molecule has 0 radical (unpaired) electrons. The van der Waals surface area contributed by atoms with Gasteiger partial charge in [0.25, 0.3) is 11.8 Å². The Bertz CT molecular complexity index is 1070. The third-order valence-corrected chi connectivity index (χ3v) is 4.05. The molecular weight excluding hydrogens is 360 g/mol. The first-order valence-corrected chi connectivity index (χ1v) is 8.40. The van der Waals surface area contributed by atoms with Gasteiger partial charge in [0.05, 0.1) is 12.0 Å². The van der Waals surface area contributed by atoms with Gasteiger partial charge >= 0.3 is 5.97 Å². The lowest BCUT2D eigenvalue weighted by molar-refractivity contribution is -0.117. The zero-order chi connectivity index (χ0) is 19.5. The molecule has 0 aliphatic carbocycles. The Labute approximate surface area is 159 Å². The first-order valence-electron chi connectivity index (χ1n) is 8.40. The molecule has 1 aliphatic heterocycles. The van der Waals surface area contributed by atoms with Crippen LogP contribution in [0.4, 0.5) is 5.69 Å². The highest BCUT2D eigenvalue weighted by Gasteiger charge is 2.34. The van der Waals surface area contributed by atoms with E-state index in [9.17, 15) is 14.4 Å². The number of rotatable bonds is 4. The van der Waals surface area contributed by atoms with Crippen molar-refractivity contribution in [1.82, 2.24) is 5.43 Å². The Balaban J connectivity index is 1.63. The molecule has 28 heavy (non-hydrogen) atoms. The quantitative estimate of drug-likeness (QED) is 0.328. The maximum Gasteiger partial charge on any atom is 0.379 e. The van der Waals surface area contributed by atoms with E-state index in [1.54, 1.807) is 54.6 Å². The van der Waals surface area contributed by atoms with Crippen LogP contribution in [-0.2, 0) is 9.59 Å². The molecule has 7 nitrogen and oxygen atoms in total. The van der Waals surface area contributed by atoms with Crippen LogP contribution in [0, 0.1) is 0 Å². The number of anilines is 1. The first-order chi connectivity index (χ1) is 13.6. The fourth-order valence-corrected chi connectivity index (χ4v) is 2.71. The largest absolute Gasteiger partial charge is 0.457 e. The number of ether oxygens (including phenoxy) is 1. The molecule has 0 atom stereocenters. The lowest BCUT2D eigenvalue weighted by Crippen LogP contribution is -2.35. The van der Waals surface area contributed by atoms with Gasteiger partial charge in [-0.15, -0.1) is 0 Å². The van der Waals surface area contributed by atoms with Gasteiger partial charge in [-0.05, 0) is 36.4 Å². The molecule has 0 spiro atoms. The molecule has 1 aromatic heterocycles. The number of para-hydroxylation sites is 2. The summed E-state index contributed by atoms with van der Waals surface area (Å²) in [6.45, 7) is 0. The molecule has 1 N–H and O–H groups in total. The van der Waals surface area contributed by atoms with Crippen molar-refractivity contribution in [2.24, 2.45) is 0 Å². The number of carbonyl (C=O) groups is 3. The van der Waals surface area contributed by atoms with Crippen molar-refractivity contribution in [3.05, 3.63) is 89.9 Å². The highest BCUT2D eigenvalue weighted by molar-refractivity contribution is 6.31. The predicted octanol–water partition coefficient (Wildman–Crippen LogP) is 2.96. The molecule has 2 amide bonds. The second-order valence-corrected chi connectivity index (χ2v) is 5.88. The number of nitrogens with one attached hydrogen (secondary N) is 1. The van der Waals surface area contributed by atoms with Crippen LogP contribution in [0.3, 0.4) is 0 Å². The monoisotopic (exact) mass is 374 g/mol. The predicted molar refractivity (Wildman–Crippen MR) is 100 cm³/mol. The van der Waals surface area contributed by atoms with E-state index in [-0.39, 0.29) is 17.1 Å². The number of furan rings is 1. The third-order valence-electron chi connectivity index (χ3n) is 4.05. The number of carbonyl (C=O) groups excluding carboxylic acids is 3. The molecule has 138 valence electrons. The minimum absolute atomic E-state index is 0.0485. The van der Waals surface area contributed by atoms with Crippen molar-refractivity contribution in [2.75, 3.05) is 5.01 Å². The number of amides is 2. The number of nitrogens with zero attached hydrogens (tertiary/aromatic N) is 1. The summed E-state index contributed by atoms with van der Waals surface area (Å²) in [7, 11) is 0. The zero-order valence-corrected chi connectivity index (χ0v) is 14.5. The maximum absolute atomic E-state index is 12.7. The number of hydrazine groups is 1. The fraction of sp³-hybridized carbons (Fsp3) is 0. The van der Waals surface area contributed by atoms with Gasteiger partial charge in [0.15, 0.2) is 0 Å². The van der Waals surface area contributed by atoms with Gasteiger partial charge in [0.1, 0.15) is 11.3 Å². The van der Waals surface area contributed by atoms with Crippen LogP contribution < -0.4 is 15.2 Å². The van der Waals surface area contributed by atoms with E-state index >= 15 is 0 Å². The average molecular weight is 374 g/mol. The standard InChI is InChI=1S/C21H14N2O5/c24-19-16(20(25)23(22-19)15-8-2-1-3-9-15)13-14-7-4-5-10-17(14)28-21(26)18-11-6-12-27-18/h1-13H,(H,22,24)/b16-13+. The van der Waals surface area contributed by atoms with E-state index in [2.05, 4.69) is 5.43 Å². The van der Waals surface area contributed by atoms with Crippen molar-refractivity contribution in [3.8, 4) is 5.75 Å². The van der Waals surface area contributed by atoms with Gasteiger partial charge < -0.3 is 9.15 Å². The summed E-state index contributed by atoms with van der Waals surface area (Å²) < 4.78 is 10.4. The van der Waals surface area contributed by atoms with Crippen molar-refractivity contribution in [1.29, 1.82) is 0 Å². The van der Waals surface area contributed by atoms with Crippen LogP contribution in [0.15, 0.2) is 83.0 Å². The zero-order valence-electron chi connectivity index (χ0n) is 14.5. The Kier molecular flexibility index (Phi) is 4.47. The summed E-state index contributed by atoms with van der Waals surface area (Å²) in [5.74, 6) is -1.46. The van der Waals surface area contributed by atoms with Gasteiger partial charge in [-0.25, -0.2) is 9.80 Å². The molecule has 4 rings (SSSR count). The van der Waals surface area contributed by atoms with E-state index in [0.29, 0.717) is 11.3 Å². The molecule has 3 aromatic rings. The number of hydrogen-bond acceptors (Lipinski definition) is 5. The first kappa shape index (κ1) is 17.3. The summed E-state index contributed by atoms with van der Waals surface area (Å²) in [5, 5.41) is 1.17. The minimum Gasteiger partial charge on any atom is -0.457 e. The van der Waals surface area contributed by atoms with Crippen LogP contribution in [-0.4, -0.2) is 17.8 Å². The van der Waals surface area contributed by atoms with Gasteiger partial charge in [-0.2, -0.15) is 0 Å². The van der Waals surface area contributed by atoms with Crippen molar-refractivity contribution in [3.63, 3.8) is 0 Å². The maximum atomic E-state index is 12.7. The molecule has 1 aliphatic rings. The Morgan fingerprint density at radius 3 is 2.46 bits per heavy atom. The Morgan fingerprint density at radius 1 is 0.964 bits per heavy atom. The lowest BCUT2D eigenvalue weighted by Gasteiger charge is -2.13.